The van der Waals surface area contributed by atoms with Crippen LogP contribution in [0.1, 0.15) is 30.9 Å². The second-order valence-corrected chi connectivity index (χ2v) is 7.32. The molecule has 1 atom stereocenters. The summed E-state index contributed by atoms with van der Waals surface area (Å²) < 4.78 is 19.0. The van der Waals surface area contributed by atoms with Crippen LogP contribution in [0, 0.1) is 17.8 Å². The van der Waals surface area contributed by atoms with Crippen molar-refractivity contribution in [2.24, 2.45) is 5.41 Å². The lowest BCUT2D eigenvalue weighted by molar-refractivity contribution is 0.0489. The first-order chi connectivity index (χ1) is 13.1. The number of aryl methyl sites for hydroxylation is 1. The number of aromatic nitrogens is 1. The van der Waals surface area contributed by atoms with E-state index in [4.69, 9.17) is 11.3 Å². The van der Waals surface area contributed by atoms with Gasteiger partial charge < -0.3 is 9.58 Å². The Morgan fingerprint density at radius 3 is 2.85 bits per heavy atom. The number of hydrogen-bond acceptors (Lipinski definition) is 3. The molecule has 5 heteroatoms. The van der Waals surface area contributed by atoms with Crippen LogP contribution in [0.5, 0.6) is 0 Å². The largest absolute Gasteiger partial charge is 0.381 e. The molecular formula is C22H26FN3O. The van der Waals surface area contributed by atoms with E-state index in [9.17, 15) is 4.39 Å². The zero-order valence-corrected chi connectivity index (χ0v) is 15.8. The van der Waals surface area contributed by atoms with Crippen molar-refractivity contribution in [2.75, 3.05) is 26.3 Å². The summed E-state index contributed by atoms with van der Waals surface area (Å²) in [6.45, 7) is 13.5. The zero-order chi connectivity index (χ0) is 19.1. The van der Waals surface area contributed by atoms with Crippen molar-refractivity contribution < 1.29 is 9.13 Å². The second-order valence-electron chi connectivity index (χ2n) is 7.32. The van der Waals surface area contributed by atoms with Crippen LogP contribution in [-0.2, 0) is 17.7 Å². The van der Waals surface area contributed by atoms with Crippen LogP contribution >= 0.6 is 0 Å². The number of likely N-dealkylation sites (tertiary alicyclic amines) is 1. The van der Waals surface area contributed by atoms with E-state index in [-0.39, 0.29) is 11.2 Å². The van der Waals surface area contributed by atoms with Crippen LogP contribution in [-0.4, -0.2) is 36.2 Å². The standard InChI is InChI=1S/C22H26FN3O/c1-3-27-17-22(11-10-18-6-8-20(23)9-7-18)12-14-26(16-22)15-19-5-4-13-25-21(19)24-2/h4-9,13H,3,10-12,14-17H2,1H3. The highest BCUT2D eigenvalue weighted by Crippen LogP contribution is 2.37. The molecule has 4 nitrogen and oxygen atoms in total. The maximum atomic E-state index is 13.1. The minimum atomic E-state index is -0.193. The molecule has 0 aliphatic carbocycles. The number of nitrogens with zero attached hydrogens (tertiary/aromatic N) is 3. The van der Waals surface area contributed by atoms with E-state index in [0.717, 1.165) is 56.6 Å². The highest BCUT2D eigenvalue weighted by atomic mass is 19.1. The van der Waals surface area contributed by atoms with Gasteiger partial charge in [0.2, 0.25) is 0 Å². The lowest BCUT2D eigenvalue weighted by Crippen LogP contribution is -2.32. The van der Waals surface area contributed by atoms with E-state index < -0.39 is 0 Å². The molecule has 2 aromatic rings. The van der Waals surface area contributed by atoms with Crippen molar-refractivity contribution >= 4 is 5.82 Å². The molecule has 2 heterocycles. The normalized spacial score (nSPS) is 19.9. The molecule has 1 fully saturated rings. The third kappa shape index (κ3) is 5.12. The van der Waals surface area contributed by atoms with Gasteiger partial charge in [-0.2, -0.15) is 0 Å². The predicted molar refractivity (Wildman–Crippen MR) is 104 cm³/mol. The van der Waals surface area contributed by atoms with Crippen molar-refractivity contribution in [3.8, 4) is 0 Å². The molecule has 0 spiro atoms. The Balaban J connectivity index is 1.66. The van der Waals surface area contributed by atoms with E-state index in [1.807, 2.05) is 31.2 Å². The molecule has 0 saturated carbocycles. The molecule has 142 valence electrons. The summed E-state index contributed by atoms with van der Waals surface area (Å²) >= 11 is 0. The van der Waals surface area contributed by atoms with Gasteiger partial charge in [0, 0.05) is 25.1 Å². The fraction of sp³-hybridized carbons (Fsp3) is 0.455. The summed E-state index contributed by atoms with van der Waals surface area (Å²) in [5, 5.41) is 0. The molecule has 1 unspecified atom stereocenters. The van der Waals surface area contributed by atoms with Gasteiger partial charge in [-0.1, -0.05) is 24.8 Å². The molecule has 3 rings (SSSR count). The minimum absolute atomic E-state index is 0.102. The van der Waals surface area contributed by atoms with Crippen LogP contribution in [0.3, 0.4) is 0 Å². The minimum Gasteiger partial charge on any atom is -0.381 e. The predicted octanol–water partition coefficient (Wildman–Crippen LogP) is 4.63. The van der Waals surface area contributed by atoms with E-state index in [1.165, 1.54) is 12.1 Å². The maximum Gasteiger partial charge on any atom is 0.273 e. The summed E-state index contributed by atoms with van der Waals surface area (Å²) in [6.07, 6.45) is 4.67. The van der Waals surface area contributed by atoms with Crippen molar-refractivity contribution in [3.63, 3.8) is 0 Å². The van der Waals surface area contributed by atoms with Gasteiger partial charge in [-0.15, -0.1) is 4.98 Å². The summed E-state index contributed by atoms with van der Waals surface area (Å²) in [7, 11) is 0. The molecule has 1 aromatic carbocycles. The maximum absolute atomic E-state index is 13.1. The van der Waals surface area contributed by atoms with Gasteiger partial charge in [-0.05, 0) is 62.1 Å². The van der Waals surface area contributed by atoms with Gasteiger partial charge in [0.25, 0.3) is 5.82 Å². The molecular weight excluding hydrogens is 341 g/mol. The number of ether oxygens (including phenoxy) is 1. The summed E-state index contributed by atoms with van der Waals surface area (Å²) in [5.41, 5.74) is 2.25. The smallest absolute Gasteiger partial charge is 0.273 e. The number of rotatable bonds is 8. The highest BCUT2D eigenvalue weighted by Gasteiger charge is 2.38. The van der Waals surface area contributed by atoms with Gasteiger partial charge in [-0.25, -0.2) is 4.39 Å². The van der Waals surface area contributed by atoms with Crippen molar-refractivity contribution in [3.05, 3.63) is 71.0 Å². The van der Waals surface area contributed by atoms with E-state index in [2.05, 4.69) is 14.7 Å². The van der Waals surface area contributed by atoms with E-state index >= 15 is 0 Å². The molecule has 1 saturated heterocycles. The Morgan fingerprint density at radius 2 is 2.11 bits per heavy atom. The third-order valence-electron chi connectivity index (χ3n) is 5.35. The van der Waals surface area contributed by atoms with Crippen LogP contribution in [0.4, 0.5) is 10.2 Å². The van der Waals surface area contributed by atoms with Crippen LogP contribution in [0.15, 0.2) is 42.6 Å². The highest BCUT2D eigenvalue weighted by molar-refractivity contribution is 5.44. The van der Waals surface area contributed by atoms with Gasteiger partial charge in [0.1, 0.15) is 12.0 Å². The average molecular weight is 367 g/mol. The number of pyridine rings is 1. The first-order valence-electron chi connectivity index (χ1n) is 9.50. The van der Waals surface area contributed by atoms with Gasteiger partial charge in [0.05, 0.1) is 6.61 Å². The number of halogens is 1. The monoisotopic (exact) mass is 367 g/mol. The molecule has 1 aliphatic heterocycles. The molecule has 0 bridgehead atoms. The first-order valence-corrected chi connectivity index (χ1v) is 9.50. The fourth-order valence-electron chi connectivity index (χ4n) is 3.83. The molecule has 1 aromatic heterocycles. The molecule has 0 amide bonds. The molecule has 1 aliphatic rings. The number of hydrogen-bond donors (Lipinski definition) is 0. The van der Waals surface area contributed by atoms with E-state index in [1.54, 1.807) is 6.20 Å². The summed E-state index contributed by atoms with van der Waals surface area (Å²) in [4.78, 5) is 10.1. The zero-order valence-electron chi connectivity index (χ0n) is 15.8. The number of benzene rings is 1. The van der Waals surface area contributed by atoms with Crippen LogP contribution in [0.2, 0.25) is 0 Å². The lowest BCUT2D eigenvalue weighted by atomic mass is 9.82. The Labute approximate surface area is 160 Å². The molecule has 0 N–H and O–H groups in total. The first kappa shape index (κ1) is 19.5. The Hall–Kier alpha value is -2.29. The van der Waals surface area contributed by atoms with Crippen molar-refractivity contribution in [1.29, 1.82) is 0 Å². The van der Waals surface area contributed by atoms with Gasteiger partial charge in [-0.3, -0.25) is 4.90 Å². The molecule has 0 radical (unpaired) electrons. The summed E-state index contributed by atoms with van der Waals surface area (Å²) in [6, 6.07) is 10.7. The van der Waals surface area contributed by atoms with Crippen molar-refractivity contribution in [2.45, 2.75) is 32.7 Å². The Morgan fingerprint density at radius 1 is 1.30 bits per heavy atom. The Kier molecular flexibility index (Phi) is 6.54. The Bertz CT molecular complexity index is 787. The van der Waals surface area contributed by atoms with Crippen molar-refractivity contribution in [1.82, 2.24) is 9.88 Å². The van der Waals surface area contributed by atoms with E-state index in [0.29, 0.717) is 12.4 Å². The lowest BCUT2D eigenvalue weighted by Gasteiger charge is -2.29. The van der Waals surface area contributed by atoms with Crippen LogP contribution < -0.4 is 0 Å². The summed E-state index contributed by atoms with van der Waals surface area (Å²) in [5.74, 6) is 0.299. The van der Waals surface area contributed by atoms with Gasteiger partial charge in [0.15, 0.2) is 0 Å². The second kappa shape index (κ2) is 9.07. The molecule has 27 heavy (non-hydrogen) atoms. The average Bonchev–Trinajstić information content (AvgIpc) is 3.09. The van der Waals surface area contributed by atoms with Crippen LogP contribution in [0.25, 0.3) is 4.85 Å². The fourth-order valence-corrected chi connectivity index (χ4v) is 3.83. The third-order valence-corrected chi connectivity index (χ3v) is 5.35. The topological polar surface area (TPSA) is 29.7 Å². The quantitative estimate of drug-likeness (QED) is 0.637. The SMILES string of the molecule is [C-]#[N+]c1ncccc1CN1CCC(CCc2ccc(F)cc2)(COCC)C1. The van der Waals surface area contributed by atoms with Gasteiger partial charge >= 0.3 is 0 Å².